The van der Waals surface area contributed by atoms with Gasteiger partial charge < -0.3 is 9.72 Å². The van der Waals surface area contributed by atoms with Crippen LogP contribution in [0.1, 0.15) is 10.4 Å². The highest BCUT2D eigenvalue weighted by atomic mass is 16.5. The number of para-hydroxylation sites is 1. The fourth-order valence-electron chi connectivity index (χ4n) is 2.75. The Kier molecular flexibility index (Phi) is 3.35. The van der Waals surface area contributed by atoms with Gasteiger partial charge in [0.2, 0.25) is 0 Å². The van der Waals surface area contributed by atoms with Crippen molar-refractivity contribution in [3.05, 3.63) is 78.5 Å². The third kappa shape index (κ3) is 2.44. The first kappa shape index (κ1) is 14.2. The van der Waals surface area contributed by atoms with Gasteiger partial charge in [0, 0.05) is 17.1 Å². The molecule has 3 aromatic carbocycles. The number of ether oxygens (including phenoxy) is 1. The lowest BCUT2D eigenvalue weighted by molar-refractivity contribution is -0.129. The molecule has 0 amide bonds. The minimum atomic E-state index is -0.893. The number of benzene rings is 3. The van der Waals surface area contributed by atoms with Crippen molar-refractivity contribution in [3.8, 4) is 5.75 Å². The zero-order chi connectivity index (χ0) is 16.5. The zero-order valence-corrected chi connectivity index (χ0v) is 12.7. The molecule has 4 nitrogen and oxygen atoms in total. The molecule has 0 aliphatic heterocycles. The molecule has 0 spiro atoms. The summed E-state index contributed by atoms with van der Waals surface area (Å²) in [4.78, 5) is 27.6. The first-order chi connectivity index (χ1) is 11.7. The maximum atomic E-state index is 12.4. The number of aromatic amines is 1. The van der Waals surface area contributed by atoms with Crippen LogP contribution >= 0.6 is 0 Å². The summed E-state index contributed by atoms with van der Waals surface area (Å²) < 4.78 is 5.25. The third-order valence-electron chi connectivity index (χ3n) is 3.95. The highest BCUT2D eigenvalue weighted by molar-refractivity contribution is 6.43. The number of esters is 1. The Morgan fingerprint density at radius 1 is 0.833 bits per heavy atom. The SMILES string of the molecule is O=C(Oc1ccc2ccccc2c1)C(=O)c1c[nH]c2ccccc12. The van der Waals surface area contributed by atoms with Gasteiger partial charge >= 0.3 is 5.97 Å². The van der Waals surface area contributed by atoms with E-state index >= 15 is 0 Å². The van der Waals surface area contributed by atoms with Crippen LogP contribution in [0.15, 0.2) is 72.9 Å². The smallest absolute Gasteiger partial charge is 0.385 e. The number of nitrogens with one attached hydrogen (secondary N) is 1. The average Bonchev–Trinajstić information content (AvgIpc) is 3.05. The molecule has 4 rings (SSSR count). The van der Waals surface area contributed by atoms with Crippen LogP contribution in [0.4, 0.5) is 0 Å². The lowest BCUT2D eigenvalue weighted by atomic mass is 10.1. The van der Waals surface area contributed by atoms with Crippen molar-refractivity contribution in [2.24, 2.45) is 0 Å². The Morgan fingerprint density at radius 2 is 1.58 bits per heavy atom. The van der Waals surface area contributed by atoms with Crippen molar-refractivity contribution < 1.29 is 14.3 Å². The van der Waals surface area contributed by atoms with E-state index in [2.05, 4.69) is 4.98 Å². The van der Waals surface area contributed by atoms with Crippen LogP contribution in [0.2, 0.25) is 0 Å². The highest BCUT2D eigenvalue weighted by Gasteiger charge is 2.22. The van der Waals surface area contributed by atoms with Crippen LogP contribution in [0.3, 0.4) is 0 Å². The topological polar surface area (TPSA) is 59.2 Å². The Morgan fingerprint density at radius 3 is 2.46 bits per heavy atom. The highest BCUT2D eigenvalue weighted by Crippen LogP contribution is 2.22. The fourth-order valence-corrected chi connectivity index (χ4v) is 2.75. The summed E-state index contributed by atoms with van der Waals surface area (Å²) in [5, 5.41) is 2.69. The van der Waals surface area contributed by atoms with E-state index < -0.39 is 11.8 Å². The minimum absolute atomic E-state index is 0.316. The van der Waals surface area contributed by atoms with Crippen molar-refractivity contribution >= 4 is 33.4 Å². The van der Waals surface area contributed by atoms with Crippen molar-refractivity contribution in [1.82, 2.24) is 4.98 Å². The van der Waals surface area contributed by atoms with E-state index in [0.717, 1.165) is 16.3 Å². The van der Waals surface area contributed by atoms with Crippen LogP contribution in [0, 0.1) is 0 Å². The minimum Gasteiger partial charge on any atom is -0.421 e. The van der Waals surface area contributed by atoms with Gasteiger partial charge in [-0.1, -0.05) is 48.5 Å². The molecule has 4 heteroatoms. The van der Waals surface area contributed by atoms with Gasteiger partial charge in [0.15, 0.2) is 0 Å². The van der Waals surface area contributed by atoms with Gasteiger partial charge in [-0.3, -0.25) is 4.79 Å². The molecule has 0 aliphatic rings. The van der Waals surface area contributed by atoms with E-state index in [4.69, 9.17) is 4.74 Å². The predicted octanol–water partition coefficient (Wildman–Crippen LogP) is 4.11. The number of H-pyrrole nitrogens is 1. The quantitative estimate of drug-likeness (QED) is 0.268. The molecule has 0 fully saturated rings. The van der Waals surface area contributed by atoms with Gasteiger partial charge in [-0.2, -0.15) is 0 Å². The number of hydrogen-bond donors (Lipinski definition) is 1. The summed E-state index contributed by atoms with van der Waals surface area (Å²) in [5.41, 5.74) is 1.12. The number of hydrogen-bond acceptors (Lipinski definition) is 3. The molecule has 0 aliphatic carbocycles. The molecule has 1 N–H and O–H groups in total. The van der Waals surface area contributed by atoms with Crippen molar-refractivity contribution in [2.45, 2.75) is 0 Å². The Balaban J connectivity index is 1.61. The second-order valence-electron chi connectivity index (χ2n) is 5.48. The molecule has 0 atom stereocenters. The molecule has 116 valence electrons. The van der Waals surface area contributed by atoms with Gasteiger partial charge in [-0.05, 0) is 29.0 Å². The molecule has 0 unspecified atom stereocenters. The number of ketones is 1. The second-order valence-corrected chi connectivity index (χ2v) is 5.48. The normalized spacial score (nSPS) is 10.8. The maximum absolute atomic E-state index is 12.4. The molecular weight excluding hydrogens is 302 g/mol. The molecule has 0 radical (unpaired) electrons. The molecular formula is C20H13NO3. The van der Waals surface area contributed by atoms with Gasteiger partial charge in [-0.25, -0.2) is 4.79 Å². The Labute approximate surface area is 137 Å². The fraction of sp³-hybridized carbons (Fsp3) is 0. The van der Waals surface area contributed by atoms with E-state index in [9.17, 15) is 9.59 Å². The van der Waals surface area contributed by atoms with Crippen LogP contribution in [-0.2, 0) is 4.79 Å². The Bertz CT molecular complexity index is 1080. The van der Waals surface area contributed by atoms with Crippen LogP contribution < -0.4 is 4.74 Å². The summed E-state index contributed by atoms with van der Waals surface area (Å²) in [6.45, 7) is 0. The molecule has 1 aromatic heterocycles. The number of aromatic nitrogens is 1. The van der Waals surface area contributed by atoms with Gasteiger partial charge in [0.25, 0.3) is 5.78 Å². The molecule has 1 heterocycles. The molecule has 0 bridgehead atoms. The van der Waals surface area contributed by atoms with Crippen molar-refractivity contribution in [3.63, 3.8) is 0 Å². The number of carbonyl (C=O) groups is 2. The average molecular weight is 315 g/mol. The van der Waals surface area contributed by atoms with Gasteiger partial charge in [0.05, 0.1) is 5.56 Å². The lowest BCUT2D eigenvalue weighted by Crippen LogP contribution is -2.20. The molecule has 4 aromatic rings. The van der Waals surface area contributed by atoms with Crippen LogP contribution in [0.5, 0.6) is 5.75 Å². The Hall–Kier alpha value is -3.40. The second kappa shape index (κ2) is 5.66. The van der Waals surface area contributed by atoms with E-state index in [1.54, 1.807) is 18.2 Å². The van der Waals surface area contributed by atoms with Gasteiger partial charge in [0.1, 0.15) is 5.75 Å². The van der Waals surface area contributed by atoms with Crippen molar-refractivity contribution in [2.75, 3.05) is 0 Å². The lowest BCUT2D eigenvalue weighted by Gasteiger charge is -2.05. The summed E-state index contributed by atoms with van der Waals surface area (Å²) in [7, 11) is 0. The first-order valence-electron chi connectivity index (χ1n) is 7.54. The summed E-state index contributed by atoms with van der Waals surface area (Å²) in [5.74, 6) is -1.21. The number of carbonyl (C=O) groups excluding carboxylic acids is 2. The van der Waals surface area contributed by atoms with E-state index in [0.29, 0.717) is 16.7 Å². The number of Topliss-reactive ketones (excluding diaryl/α,β-unsaturated/α-hetero) is 1. The number of fused-ring (bicyclic) bond motifs is 2. The molecule has 0 saturated heterocycles. The van der Waals surface area contributed by atoms with E-state index in [1.165, 1.54) is 6.20 Å². The van der Waals surface area contributed by atoms with Gasteiger partial charge in [-0.15, -0.1) is 0 Å². The third-order valence-corrected chi connectivity index (χ3v) is 3.95. The van der Waals surface area contributed by atoms with Crippen LogP contribution in [-0.4, -0.2) is 16.7 Å². The van der Waals surface area contributed by atoms with E-state index in [-0.39, 0.29) is 0 Å². The largest absolute Gasteiger partial charge is 0.421 e. The maximum Gasteiger partial charge on any atom is 0.385 e. The standard InChI is InChI=1S/C20H13NO3/c22-19(17-12-21-18-8-4-3-7-16(17)18)20(23)24-15-10-9-13-5-1-2-6-14(13)11-15/h1-12,21H. The summed E-state index contributed by atoms with van der Waals surface area (Å²) in [6.07, 6.45) is 1.54. The first-order valence-corrected chi connectivity index (χ1v) is 7.54. The molecule has 24 heavy (non-hydrogen) atoms. The monoisotopic (exact) mass is 315 g/mol. The van der Waals surface area contributed by atoms with E-state index in [1.807, 2.05) is 48.5 Å². The van der Waals surface area contributed by atoms with Crippen LogP contribution in [0.25, 0.3) is 21.7 Å². The van der Waals surface area contributed by atoms with Crippen molar-refractivity contribution in [1.29, 1.82) is 0 Å². The summed E-state index contributed by atoms with van der Waals surface area (Å²) >= 11 is 0. The number of rotatable bonds is 3. The molecule has 0 saturated carbocycles. The summed E-state index contributed by atoms with van der Waals surface area (Å²) in [6, 6.07) is 20.4. The predicted molar refractivity (Wildman–Crippen MR) is 92.2 cm³/mol. The zero-order valence-electron chi connectivity index (χ0n) is 12.7.